The third-order valence-electron chi connectivity index (χ3n) is 5.98. The number of hydrogen-bond donors (Lipinski definition) is 1. The van der Waals surface area contributed by atoms with E-state index in [9.17, 15) is 27.2 Å². The Morgan fingerprint density at radius 2 is 1.91 bits per heavy atom. The van der Waals surface area contributed by atoms with Crippen LogP contribution in [0.3, 0.4) is 0 Å². The van der Waals surface area contributed by atoms with E-state index in [1.54, 1.807) is 23.6 Å². The van der Waals surface area contributed by atoms with Crippen molar-refractivity contribution in [2.75, 3.05) is 13.2 Å². The normalized spacial score (nSPS) is 19.5. The number of fused-ring (bicyclic) bond motifs is 1. The van der Waals surface area contributed by atoms with Crippen molar-refractivity contribution in [1.29, 1.82) is 0 Å². The summed E-state index contributed by atoms with van der Waals surface area (Å²) < 4.78 is 60.3. The van der Waals surface area contributed by atoms with Gasteiger partial charge in [-0.1, -0.05) is 12.1 Å². The summed E-state index contributed by atoms with van der Waals surface area (Å²) in [5.74, 6) is -1.61. The summed E-state index contributed by atoms with van der Waals surface area (Å²) in [6.45, 7) is 2.40. The monoisotopic (exact) mass is 453 g/mol. The second-order valence-electron chi connectivity index (χ2n) is 8.04. The topological polar surface area (TPSA) is 63.6 Å². The molecular weight excluding hydrogens is 430 g/mol. The molecule has 2 aromatic rings. The van der Waals surface area contributed by atoms with E-state index in [0.29, 0.717) is 24.4 Å². The molecule has 0 bridgehead atoms. The Morgan fingerprint density at radius 1 is 1.19 bits per heavy atom. The van der Waals surface area contributed by atoms with Gasteiger partial charge in [0, 0.05) is 13.1 Å². The minimum Gasteiger partial charge on any atom is -0.373 e. The zero-order valence-electron chi connectivity index (χ0n) is 17.4. The van der Waals surface area contributed by atoms with Gasteiger partial charge in [0.05, 0.1) is 30.5 Å². The number of carbonyl (C=O) groups excluding carboxylic acids is 2. The third kappa shape index (κ3) is 4.23. The van der Waals surface area contributed by atoms with E-state index in [0.717, 1.165) is 4.90 Å². The van der Waals surface area contributed by atoms with E-state index < -0.39 is 35.9 Å². The van der Waals surface area contributed by atoms with Crippen LogP contribution in [0, 0.1) is 5.82 Å². The molecule has 172 valence electrons. The summed E-state index contributed by atoms with van der Waals surface area (Å²) >= 11 is 0. The van der Waals surface area contributed by atoms with Gasteiger partial charge in [0.2, 0.25) is 0 Å². The Morgan fingerprint density at radius 3 is 2.59 bits per heavy atom. The Hall–Kier alpha value is -2.88. The molecule has 10 heteroatoms. The number of nitrogens with zero attached hydrogens (tertiary/aromatic N) is 2. The van der Waals surface area contributed by atoms with Crippen molar-refractivity contribution in [1.82, 2.24) is 14.8 Å². The fourth-order valence-corrected chi connectivity index (χ4v) is 4.31. The maximum Gasteiger partial charge on any atom is 0.408 e. The van der Waals surface area contributed by atoms with Crippen LogP contribution >= 0.6 is 0 Å². The highest BCUT2D eigenvalue weighted by molar-refractivity contribution is 6.01. The molecule has 4 rings (SSSR count). The Balaban J connectivity index is 1.61. The molecule has 6 nitrogen and oxygen atoms in total. The number of likely N-dealkylation sites (tertiary alicyclic amines) is 1. The summed E-state index contributed by atoms with van der Waals surface area (Å²) in [5, 5.41) is 2.81. The van der Waals surface area contributed by atoms with Crippen LogP contribution in [-0.2, 0) is 17.9 Å². The van der Waals surface area contributed by atoms with E-state index in [1.165, 1.54) is 18.2 Å². The van der Waals surface area contributed by atoms with Gasteiger partial charge in [-0.2, -0.15) is 13.2 Å². The first-order valence-electron chi connectivity index (χ1n) is 10.4. The Bertz CT molecular complexity index is 1020. The number of hydrogen-bond acceptors (Lipinski definition) is 3. The van der Waals surface area contributed by atoms with Gasteiger partial charge < -0.3 is 19.5 Å². The van der Waals surface area contributed by atoms with Crippen molar-refractivity contribution >= 4 is 11.8 Å². The van der Waals surface area contributed by atoms with Gasteiger partial charge in [-0.15, -0.1) is 0 Å². The lowest BCUT2D eigenvalue weighted by molar-refractivity contribution is -0.169. The molecule has 1 saturated heterocycles. The van der Waals surface area contributed by atoms with Crippen molar-refractivity contribution in [3.05, 3.63) is 58.7 Å². The first-order chi connectivity index (χ1) is 15.2. The van der Waals surface area contributed by atoms with Crippen LogP contribution in [0.1, 0.15) is 57.9 Å². The third-order valence-corrected chi connectivity index (χ3v) is 5.98. The molecular formula is C22H23F4N3O3. The molecule has 1 fully saturated rings. The lowest BCUT2D eigenvalue weighted by atomic mass is 10.1. The molecule has 2 atom stereocenters. The largest absolute Gasteiger partial charge is 0.408 e. The number of ether oxygens (including phenoxy) is 1. The average Bonchev–Trinajstić information content (AvgIpc) is 3.39. The lowest BCUT2D eigenvalue weighted by Gasteiger charge is -2.27. The number of benzene rings is 1. The van der Waals surface area contributed by atoms with Crippen LogP contribution in [0.4, 0.5) is 17.6 Å². The molecule has 2 amide bonds. The van der Waals surface area contributed by atoms with Crippen molar-refractivity contribution in [2.24, 2.45) is 0 Å². The van der Waals surface area contributed by atoms with Crippen LogP contribution < -0.4 is 5.32 Å². The molecule has 0 spiro atoms. The highest BCUT2D eigenvalue weighted by Gasteiger charge is 2.48. The molecule has 0 unspecified atom stereocenters. The van der Waals surface area contributed by atoms with E-state index >= 15 is 0 Å². The van der Waals surface area contributed by atoms with Gasteiger partial charge in [0.1, 0.15) is 17.6 Å². The molecule has 3 heterocycles. The minimum absolute atomic E-state index is 0.0115. The predicted molar refractivity (Wildman–Crippen MR) is 106 cm³/mol. The van der Waals surface area contributed by atoms with Crippen LogP contribution in [0.5, 0.6) is 0 Å². The maximum absolute atomic E-state index is 13.4. The van der Waals surface area contributed by atoms with E-state index in [4.69, 9.17) is 4.74 Å². The van der Waals surface area contributed by atoms with Crippen molar-refractivity contribution in [3.63, 3.8) is 0 Å². The number of nitrogens with one attached hydrogen (secondary N) is 1. The van der Waals surface area contributed by atoms with Crippen LogP contribution in [0.15, 0.2) is 30.3 Å². The molecule has 0 aliphatic carbocycles. The second kappa shape index (κ2) is 8.57. The van der Waals surface area contributed by atoms with Crippen molar-refractivity contribution in [3.8, 4) is 0 Å². The first-order valence-corrected chi connectivity index (χ1v) is 10.4. The van der Waals surface area contributed by atoms with Gasteiger partial charge in [0.15, 0.2) is 0 Å². The Labute approximate surface area is 182 Å². The summed E-state index contributed by atoms with van der Waals surface area (Å²) in [6.07, 6.45) is -4.37. The van der Waals surface area contributed by atoms with Crippen LogP contribution in [-0.4, -0.2) is 46.7 Å². The summed E-state index contributed by atoms with van der Waals surface area (Å²) in [6, 6.07) is 4.77. The van der Waals surface area contributed by atoms with Gasteiger partial charge in [-0.25, -0.2) is 4.39 Å². The summed E-state index contributed by atoms with van der Waals surface area (Å²) in [7, 11) is 0. The predicted octanol–water partition coefficient (Wildman–Crippen LogP) is 3.82. The fraction of sp³-hybridized carbons (Fsp3) is 0.455. The SMILES string of the molecule is C[C@@H](NC(=O)c1cc(C(=O)N2CCC[C@@H]2C(F)(F)F)c2n1CCOC2)c1ccc(F)cc1. The maximum atomic E-state index is 13.4. The van der Waals surface area contributed by atoms with Crippen LogP contribution in [0.2, 0.25) is 0 Å². The quantitative estimate of drug-likeness (QED) is 0.717. The van der Waals surface area contributed by atoms with E-state index in [2.05, 4.69) is 5.32 Å². The van der Waals surface area contributed by atoms with Gasteiger partial charge in [0.25, 0.3) is 11.8 Å². The smallest absolute Gasteiger partial charge is 0.373 e. The molecule has 2 aliphatic heterocycles. The second-order valence-corrected chi connectivity index (χ2v) is 8.04. The number of amides is 2. The number of alkyl halides is 3. The van der Waals surface area contributed by atoms with E-state index in [-0.39, 0.29) is 37.3 Å². The number of halogens is 4. The highest BCUT2D eigenvalue weighted by Crippen LogP contribution is 2.34. The zero-order valence-corrected chi connectivity index (χ0v) is 17.4. The lowest BCUT2D eigenvalue weighted by Crippen LogP contribution is -2.44. The van der Waals surface area contributed by atoms with Crippen molar-refractivity contribution in [2.45, 2.75) is 51.2 Å². The zero-order chi connectivity index (χ0) is 23.0. The molecule has 0 saturated carbocycles. The molecule has 2 aliphatic rings. The Kier molecular flexibility index (Phi) is 5.98. The van der Waals surface area contributed by atoms with Gasteiger partial charge in [-0.05, 0) is 43.5 Å². The first kappa shape index (κ1) is 22.3. The number of rotatable bonds is 4. The fourth-order valence-electron chi connectivity index (χ4n) is 4.31. The number of aromatic nitrogens is 1. The van der Waals surface area contributed by atoms with E-state index in [1.807, 2.05) is 0 Å². The average molecular weight is 453 g/mol. The minimum atomic E-state index is -4.51. The van der Waals surface area contributed by atoms with Crippen LogP contribution in [0.25, 0.3) is 0 Å². The van der Waals surface area contributed by atoms with Gasteiger partial charge >= 0.3 is 6.18 Å². The highest BCUT2D eigenvalue weighted by atomic mass is 19.4. The molecule has 0 radical (unpaired) electrons. The molecule has 1 aromatic heterocycles. The van der Waals surface area contributed by atoms with Crippen molar-refractivity contribution < 1.29 is 31.9 Å². The summed E-state index contributed by atoms with van der Waals surface area (Å²) in [5.41, 5.74) is 1.33. The van der Waals surface area contributed by atoms with Gasteiger partial charge in [-0.3, -0.25) is 9.59 Å². The summed E-state index contributed by atoms with van der Waals surface area (Å²) in [4.78, 5) is 26.9. The molecule has 1 N–H and O–H groups in total. The standard InChI is InChI=1S/C22H23F4N3O3/c1-13(14-4-6-15(23)7-5-14)27-20(30)17-11-16(18-12-32-10-9-28(17)18)21(31)29-8-2-3-19(29)22(24,25)26/h4-7,11,13,19H,2-3,8-10,12H2,1H3,(H,27,30)/t13-,19-/m1/s1. The number of carbonyl (C=O) groups is 2. The molecule has 32 heavy (non-hydrogen) atoms. The molecule has 1 aromatic carbocycles.